The first-order valence-corrected chi connectivity index (χ1v) is 5.46. The minimum atomic E-state index is -0.715. The third-order valence-electron chi connectivity index (χ3n) is 2.66. The van der Waals surface area contributed by atoms with Crippen LogP contribution >= 0.6 is 11.6 Å². The van der Waals surface area contributed by atoms with Gasteiger partial charge in [-0.15, -0.1) is 0 Å². The number of nitrogens with zero attached hydrogens (tertiary/aromatic N) is 1. The Hall–Kier alpha value is -0.770. The lowest BCUT2D eigenvalue weighted by atomic mass is 10.0. The van der Waals surface area contributed by atoms with Gasteiger partial charge in [0, 0.05) is 10.6 Å². The molecule has 0 amide bonds. The number of halogens is 1. The van der Waals surface area contributed by atoms with Gasteiger partial charge in [-0.1, -0.05) is 11.6 Å². The second-order valence-corrected chi connectivity index (χ2v) is 4.46. The Morgan fingerprint density at radius 2 is 1.94 bits per heavy atom. The van der Waals surface area contributed by atoms with Crippen molar-refractivity contribution in [1.29, 1.82) is 0 Å². The highest BCUT2D eigenvalue weighted by Crippen LogP contribution is 2.36. The van der Waals surface area contributed by atoms with Crippen LogP contribution in [0.1, 0.15) is 22.9 Å². The summed E-state index contributed by atoms with van der Waals surface area (Å²) in [5.41, 5.74) is 2.54. The molecule has 0 aliphatic heterocycles. The first-order chi connectivity index (χ1) is 7.40. The average Bonchev–Trinajstić information content (AvgIpc) is 2.24. The molecule has 16 heavy (non-hydrogen) atoms. The maximum Gasteiger partial charge on any atom is 0.136 e. The molecule has 3 nitrogen and oxygen atoms in total. The first-order valence-electron chi connectivity index (χ1n) is 5.08. The number of methoxy groups -OCH3 is 1. The summed E-state index contributed by atoms with van der Waals surface area (Å²) in [5, 5.41) is 10.8. The van der Waals surface area contributed by atoms with Crippen LogP contribution in [0.15, 0.2) is 6.07 Å². The molecule has 1 aromatic rings. The largest absolute Gasteiger partial charge is 0.496 e. The summed E-state index contributed by atoms with van der Waals surface area (Å²) in [7, 11) is 5.20. The molecule has 0 spiro atoms. The van der Waals surface area contributed by atoms with Crippen LogP contribution in [-0.4, -0.2) is 31.2 Å². The normalized spacial score (nSPS) is 13.0. The fraction of sp³-hybridized carbons (Fsp3) is 0.500. The second-order valence-electron chi connectivity index (χ2n) is 4.09. The minimum Gasteiger partial charge on any atom is -0.496 e. The zero-order chi connectivity index (χ0) is 12.5. The van der Waals surface area contributed by atoms with Gasteiger partial charge in [-0.2, -0.15) is 0 Å². The van der Waals surface area contributed by atoms with Crippen LogP contribution < -0.4 is 4.74 Å². The van der Waals surface area contributed by atoms with Crippen LogP contribution in [0.4, 0.5) is 0 Å². The van der Waals surface area contributed by atoms with Gasteiger partial charge < -0.3 is 9.84 Å². The molecular weight excluding hydrogens is 226 g/mol. The van der Waals surface area contributed by atoms with Crippen molar-refractivity contribution in [3.8, 4) is 5.75 Å². The smallest absolute Gasteiger partial charge is 0.136 e. The highest BCUT2D eigenvalue weighted by Gasteiger charge is 2.20. The van der Waals surface area contributed by atoms with Gasteiger partial charge in [-0.3, -0.25) is 4.90 Å². The maximum absolute atomic E-state index is 10.1. The summed E-state index contributed by atoms with van der Waals surface area (Å²) in [6.07, 6.45) is -0.715. The van der Waals surface area contributed by atoms with Crippen LogP contribution in [0.2, 0.25) is 5.02 Å². The fourth-order valence-electron chi connectivity index (χ4n) is 1.68. The van der Waals surface area contributed by atoms with Crippen LogP contribution in [0.25, 0.3) is 0 Å². The Bertz CT molecular complexity index is 391. The number of hydrogen-bond acceptors (Lipinski definition) is 3. The standard InChI is InChI=1S/C12H18ClNO2/c1-7-6-9(16-5)10(8(2)11(7)13)12(15)14(3)4/h6,12,15H,1-5H3. The van der Waals surface area contributed by atoms with E-state index in [0.29, 0.717) is 10.8 Å². The quantitative estimate of drug-likeness (QED) is 0.829. The zero-order valence-corrected chi connectivity index (χ0v) is 11.1. The summed E-state index contributed by atoms with van der Waals surface area (Å²) in [6, 6.07) is 1.84. The molecule has 0 aliphatic rings. The van der Waals surface area contributed by atoms with Crippen LogP contribution in [0.3, 0.4) is 0 Å². The Morgan fingerprint density at radius 1 is 1.38 bits per heavy atom. The second kappa shape index (κ2) is 5.04. The lowest BCUT2D eigenvalue weighted by Crippen LogP contribution is -2.21. The molecule has 1 rings (SSSR count). The van der Waals surface area contributed by atoms with Crippen molar-refractivity contribution < 1.29 is 9.84 Å². The number of ether oxygens (including phenoxy) is 1. The molecule has 0 radical (unpaired) electrons. The van der Waals surface area contributed by atoms with E-state index in [1.165, 1.54) is 0 Å². The zero-order valence-electron chi connectivity index (χ0n) is 10.3. The van der Waals surface area contributed by atoms with Crippen molar-refractivity contribution in [2.45, 2.75) is 20.1 Å². The topological polar surface area (TPSA) is 32.7 Å². The van der Waals surface area contributed by atoms with E-state index >= 15 is 0 Å². The number of aryl methyl sites for hydroxylation is 1. The summed E-state index contributed by atoms with van der Waals surface area (Å²) in [4.78, 5) is 1.70. The van der Waals surface area contributed by atoms with Gasteiger partial charge in [0.2, 0.25) is 0 Å². The van der Waals surface area contributed by atoms with E-state index in [-0.39, 0.29) is 0 Å². The predicted molar refractivity (Wildman–Crippen MR) is 66.1 cm³/mol. The fourth-order valence-corrected chi connectivity index (χ4v) is 1.84. The Balaban J connectivity index is 3.41. The van der Waals surface area contributed by atoms with Crippen molar-refractivity contribution in [2.75, 3.05) is 21.2 Å². The number of benzene rings is 1. The number of aliphatic hydroxyl groups excluding tert-OH is 1. The minimum absolute atomic E-state index is 0.667. The van der Waals surface area contributed by atoms with E-state index in [9.17, 15) is 5.11 Å². The van der Waals surface area contributed by atoms with E-state index in [0.717, 1.165) is 16.7 Å². The molecule has 1 unspecified atom stereocenters. The molecule has 0 heterocycles. The highest BCUT2D eigenvalue weighted by molar-refractivity contribution is 6.32. The Labute approximate surface area is 102 Å². The van der Waals surface area contributed by atoms with Gasteiger partial charge in [0.1, 0.15) is 12.0 Å². The molecule has 4 heteroatoms. The van der Waals surface area contributed by atoms with Gasteiger partial charge in [-0.25, -0.2) is 0 Å². The molecule has 0 aromatic heterocycles. The van der Waals surface area contributed by atoms with E-state index in [1.54, 1.807) is 26.1 Å². The third-order valence-corrected chi connectivity index (χ3v) is 3.24. The lowest BCUT2D eigenvalue weighted by molar-refractivity contribution is 0.0369. The summed E-state index contributed by atoms with van der Waals surface area (Å²) in [5.74, 6) is 0.667. The predicted octanol–water partition coefficient (Wildman–Crippen LogP) is 2.52. The highest BCUT2D eigenvalue weighted by atomic mass is 35.5. The van der Waals surface area contributed by atoms with E-state index in [4.69, 9.17) is 16.3 Å². The van der Waals surface area contributed by atoms with Gasteiger partial charge >= 0.3 is 0 Å². The van der Waals surface area contributed by atoms with E-state index in [1.807, 2.05) is 19.9 Å². The molecule has 0 fully saturated rings. The van der Waals surface area contributed by atoms with Crippen LogP contribution in [-0.2, 0) is 0 Å². The van der Waals surface area contributed by atoms with Crippen molar-refractivity contribution in [3.63, 3.8) is 0 Å². The molecule has 0 saturated carbocycles. The number of hydrogen-bond donors (Lipinski definition) is 1. The molecular formula is C12H18ClNO2. The Kier molecular flexibility index (Phi) is 4.19. The first kappa shape index (κ1) is 13.3. The molecule has 90 valence electrons. The SMILES string of the molecule is COc1cc(C)c(Cl)c(C)c1C(O)N(C)C. The van der Waals surface area contributed by atoms with Gasteiger partial charge in [0.05, 0.1) is 7.11 Å². The molecule has 1 N–H and O–H groups in total. The van der Waals surface area contributed by atoms with Crippen molar-refractivity contribution >= 4 is 11.6 Å². The summed E-state index contributed by atoms with van der Waals surface area (Å²) < 4.78 is 5.29. The molecule has 0 aliphatic carbocycles. The number of rotatable bonds is 3. The number of aliphatic hydroxyl groups is 1. The van der Waals surface area contributed by atoms with Crippen molar-refractivity contribution in [2.24, 2.45) is 0 Å². The summed E-state index contributed by atoms with van der Waals surface area (Å²) >= 11 is 6.18. The van der Waals surface area contributed by atoms with Crippen molar-refractivity contribution in [3.05, 3.63) is 27.8 Å². The van der Waals surface area contributed by atoms with Gasteiger partial charge in [-0.05, 0) is 45.1 Å². The van der Waals surface area contributed by atoms with Gasteiger partial charge in [0.25, 0.3) is 0 Å². The van der Waals surface area contributed by atoms with Crippen molar-refractivity contribution in [1.82, 2.24) is 4.90 Å². The monoisotopic (exact) mass is 243 g/mol. The Morgan fingerprint density at radius 3 is 2.38 bits per heavy atom. The van der Waals surface area contributed by atoms with Crippen LogP contribution in [0.5, 0.6) is 5.75 Å². The molecule has 1 aromatic carbocycles. The van der Waals surface area contributed by atoms with Gasteiger partial charge in [0.15, 0.2) is 0 Å². The molecule has 1 atom stereocenters. The summed E-state index contributed by atoms with van der Waals surface area (Å²) in [6.45, 7) is 3.81. The molecule has 0 saturated heterocycles. The lowest BCUT2D eigenvalue weighted by Gasteiger charge is -2.24. The molecule has 0 bridgehead atoms. The average molecular weight is 244 g/mol. The third kappa shape index (κ3) is 2.32. The van der Waals surface area contributed by atoms with Crippen LogP contribution in [0, 0.1) is 13.8 Å². The van der Waals surface area contributed by atoms with E-state index in [2.05, 4.69) is 0 Å². The maximum atomic E-state index is 10.1. The van der Waals surface area contributed by atoms with E-state index < -0.39 is 6.23 Å².